The summed E-state index contributed by atoms with van der Waals surface area (Å²) >= 11 is 7.34. The molecule has 1 heterocycles. The lowest BCUT2D eigenvalue weighted by Crippen LogP contribution is -2.36. The maximum absolute atomic E-state index is 10.1. The van der Waals surface area contributed by atoms with Gasteiger partial charge in [0.2, 0.25) is 0 Å². The van der Waals surface area contributed by atoms with Crippen molar-refractivity contribution in [2.24, 2.45) is 0 Å². The van der Waals surface area contributed by atoms with E-state index in [0.717, 1.165) is 41.5 Å². The average molecular weight is 315 g/mol. The first-order chi connectivity index (χ1) is 9.65. The molecule has 1 aromatic heterocycles. The van der Waals surface area contributed by atoms with Crippen LogP contribution in [0.4, 0.5) is 5.69 Å². The van der Waals surface area contributed by atoms with E-state index in [1.807, 2.05) is 6.07 Å². The van der Waals surface area contributed by atoms with E-state index < -0.39 is 6.10 Å². The van der Waals surface area contributed by atoms with Crippen molar-refractivity contribution in [3.05, 3.63) is 17.2 Å². The smallest absolute Gasteiger partial charge is 0.129 e. The van der Waals surface area contributed by atoms with E-state index in [4.69, 9.17) is 11.6 Å². The Labute approximate surface area is 127 Å². The Morgan fingerprint density at radius 3 is 2.80 bits per heavy atom. The van der Waals surface area contributed by atoms with Gasteiger partial charge in [-0.2, -0.15) is 8.75 Å². The van der Waals surface area contributed by atoms with Gasteiger partial charge in [0, 0.05) is 13.1 Å². The summed E-state index contributed by atoms with van der Waals surface area (Å²) in [5.74, 6) is 0. The van der Waals surface area contributed by atoms with Crippen LogP contribution in [0, 0.1) is 0 Å². The van der Waals surface area contributed by atoms with Crippen molar-refractivity contribution in [3.8, 4) is 0 Å². The van der Waals surface area contributed by atoms with Crippen molar-refractivity contribution in [2.45, 2.75) is 20.0 Å². The minimum atomic E-state index is -0.451. The molecule has 1 atom stereocenters. The van der Waals surface area contributed by atoms with Crippen LogP contribution >= 0.6 is 23.3 Å². The van der Waals surface area contributed by atoms with E-state index in [2.05, 4.69) is 32.8 Å². The number of anilines is 1. The van der Waals surface area contributed by atoms with Gasteiger partial charge in [0.05, 0.1) is 28.5 Å². The highest BCUT2D eigenvalue weighted by atomic mass is 35.5. The molecule has 0 radical (unpaired) electrons. The maximum atomic E-state index is 10.1. The molecule has 0 aliphatic heterocycles. The van der Waals surface area contributed by atoms with Crippen molar-refractivity contribution >= 4 is 40.0 Å². The summed E-state index contributed by atoms with van der Waals surface area (Å²) in [5.41, 5.74) is 2.33. The summed E-state index contributed by atoms with van der Waals surface area (Å²) in [6.07, 6.45) is -0.451. The molecule has 5 nitrogen and oxygen atoms in total. The number of aromatic nitrogens is 2. The van der Waals surface area contributed by atoms with E-state index in [1.54, 1.807) is 6.07 Å². The first-order valence-corrected chi connectivity index (χ1v) is 7.81. The predicted octanol–water partition coefficient (Wildman–Crippen LogP) is 2.46. The number of likely N-dealkylation sites (N-methyl/N-ethyl adjacent to an activating group) is 1. The lowest BCUT2D eigenvalue weighted by molar-refractivity contribution is 0.128. The number of hydrogen-bond donors (Lipinski definition) is 2. The van der Waals surface area contributed by atoms with Crippen molar-refractivity contribution < 1.29 is 5.11 Å². The van der Waals surface area contributed by atoms with Crippen LogP contribution in [0.3, 0.4) is 0 Å². The molecule has 2 aromatic rings. The average Bonchev–Trinajstić information content (AvgIpc) is 2.92. The first kappa shape index (κ1) is 15.4. The van der Waals surface area contributed by atoms with Crippen LogP contribution in [0.5, 0.6) is 0 Å². The molecule has 2 rings (SSSR count). The molecule has 7 heteroatoms. The third-order valence-corrected chi connectivity index (χ3v) is 4.11. The van der Waals surface area contributed by atoms with Crippen molar-refractivity contribution in [1.29, 1.82) is 0 Å². The summed E-state index contributed by atoms with van der Waals surface area (Å²) in [4.78, 5) is 2.18. The highest BCUT2D eigenvalue weighted by Gasteiger charge is 2.13. The zero-order chi connectivity index (χ0) is 14.5. The Balaban J connectivity index is 2.02. The van der Waals surface area contributed by atoms with Crippen LogP contribution in [0.25, 0.3) is 11.0 Å². The van der Waals surface area contributed by atoms with Crippen molar-refractivity contribution in [3.63, 3.8) is 0 Å². The number of halogens is 1. The number of aliphatic hydroxyl groups is 1. The second-order valence-electron chi connectivity index (χ2n) is 4.57. The normalized spacial score (nSPS) is 13.1. The van der Waals surface area contributed by atoms with Gasteiger partial charge < -0.3 is 15.3 Å². The minimum absolute atomic E-state index is 0.437. The monoisotopic (exact) mass is 314 g/mol. The van der Waals surface area contributed by atoms with Crippen molar-refractivity contribution in [1.82, 2.24) is 13.6 Å². The predicted molar refractivity (Wildman–Crippen MR) is 84.7 cm³/mol. The molecule has 0 spiro atoms. The fourth-order valence-electron chi connectivity index (χ4n) is 2.06. The Morgan fingerprint density at radius 2 is 2.10 bits per heavy atom. The quantitative estimate of drug-likeness (QED) is 0.822. The second kappa shape index (κ2) is 7.17. The number of benzene rings is 1. The molecule has 2 N–H and O–H groups in total. The molecule has 1 aromatic carbocycles. The van der Waals surface area contributed by atoms with E-state index in [1.165, 1.54) is 0 Å². The van der Waals surface area contributed by atoms with Gasteiger partial charge in [0.15, 0.2) is 0 Å². The van der Waals surface area contributed by atoms with Gasteiger partial charge in [-0.05, 0) is 25.2 Å². The first-order valence-electron chi connectivity index (χ1n) is 6.70. The lowest BCUT2D eigenvalue weighted by Gasteiger charge is -2.22. The second-order valence-corrected chi connectivity index (χ2v) is 5.51. The van der Waals surface area contributed by atoms with Crippen LogP contribution in [-0.2, 0) is 0 Å². The third kappa shape index (κ3) is 3.58. The van der Waals surface area contributed by atoms with Gasteiger partial charge in [-0.3, -0.25) is 0 Å². The Hall–Kier alpha value is -0.950. The highest BCUT2D eigenvalue weighted by Crippen LogP contribution is 2.29. The largest absolute Gasteiger partial charge is 0.390 e. The van der Waals surface area contributed by atoms with E-state index in [-0.39, 0.29) is 0 Å². The minimum Gasteiger partial charge on any atom is -0.390 e. The summed E-state index contributed by atoms with van der Waals surface area (Å²) < 4.78 is 8.43. The van der Waals surface area contributed by atoms with E-state index in [9.17, 15) is 5.11 Å². The molecule has 0 aliphatic rings. The molecule has 20 heavy (non-hydrogen) atoms. The molecular weight excluding hydrogens is 296 g/mol. The topological polar surface area (TPSA) is 61.3 Å². The molecule has 1 unspecified atom stereocenters. The van der Waals surface area contributed by atoms with E-state index >= 15 is 0 Å². The molecule has 0 fully saturated rings. The Kier molecular flexibility index (Phi) is 5.54. The Bertz CT molecular complexity index is 558. The van der Waals surface area contributed by atoms with Crippen LogP contribution in [-0.4, -0.2) is 51.0 Å². The van der Waals surface area contributed by atoms with Gasteiger partial charge >= 0.3 is 0 Å². The molecular formula is C13H19ClN4OS. The molecule has 110 valence electrons. The van der Waals surface area contributed by atoms with Crippen LogP contribution < -0.4 is 5.32 Å². The van der Waals surface area contributed by atoms with Gasteiger partial charge in [0.25, 0.3) is 0 Å². The molecule has 0 aliphatic carbocycles. The number of aliphatic hydroxyl groups excluding tert-OH is 1. The zero-order valence-corrected chi connectivity index (χ0v) is 13.2. The van der Waals surface area contributed by atoms with Gasteiger partial charge in [-0.25, -0.2) is 0 Å². The van der Waals surface area contributed by atoms with Crippen LogP contribution in [0.15, 0.2) is 12.1 Å². The number of fused-ring (bicyclic) bond motifs is 1. The van der Waals surface area contributed by atoms with Gasteiger partial charge in [-0.15, -0.1) is 0 Å². The van der Waals surface area contributed by atoms with Crippen molar-refractivity contribution in [2.75, 3.05) is 31.5 Å². The summed E-state index contributed by atoms with van der Waals surface area (Å²) in [6.45, 7) is 7.11. The fourth-order valence-corrected chi connectivity index (χ4v) is 2.82. The number of nitrogens with one attached hydrogen (secondary N) is 1. The molecule has 0 bridgehead atoms. The van der Waals surface area contributed by atoms with Gasteiger partial charge in [-0.1, -0.05) is 25.4 Å². The summed E-state index contributed by atoms with van der Waals surface area (Å²) in [6, 6.07) is 3.64. The molecule has 0 saturated carbocycles. The SMILES string of the molecule is CCN(CC)CC(O)CNc1c(Cl)ccc2nsnc12. The Morgan fingerprint density at radius 1 is 1.35 bits per heavy atom. The molecule has 0 saturated heterocycles. The molecule has 0 amide bonds. The standard InChI is InChI=1S/C13H19ClN4OS/c1-3-18(4-2)8-9(19)7-15-12-10(14)5-6-11-13(12)17-20-16-11/h5-6,9,15,19H,3-4,7-8H2,1-2H3. The lowest BCUT2D eigenvalue weighted by atomic mass is 10.2. The number of nitrogens with zero attached hydrogens (tertiary/aromatic N) is 3. The number of rotatable bonds is 7. The number of hydrogen-bond acceptors (Lipinski definition) is 6. The maximum Gasteiger partial charge on any atom is 0.129 e. The van der Waals surface area contributed by atoms with E-state index in [0.29, 0.717) is 18.1 Å². The zero-order valence-electron chi connectivity index (χ0n) is 11.6. The van der Waals surface area contributed by atoms with Crippen LogP contribution in [0.1, 0.15) is 13.8 Å². The summed E-state index contributed by atoms with van der Waals surface area (Å²) in [7, 11) is 0. The third-order valence-electron chi connectivity index (χ3n) is 3.25. The summed E-state index contributed by atoms with van der Waals surface area (Å²) in [5, 5.41) is 13.9. The van der Waals surface area contributed by atoms with Crippen LogP contribution in [0.2, 0.25) is 5.02 Å². The fraction of sp³-hybridized carbons (Fsp3) is 0.538. The van der Waals surface area contributed by atoms with Gasteiger partial charge in [0.1, 0.15) is 11.0 Å². The highest BCUT2D eigenvalue weighted by molar-refractivity contribution is 7.00.